The minimum absolute atomic E-state index is 0.671. The molecule has 1 aliphatic carbocycles. The van der Waals surface area contributed by atoms with E-state index in [0.717, 1.165) is 49.4 Å². The predicted molar refractivity (Wildman–Crippen MR) is 98.7 cm³/mol. The second-order valence-corrected chi connectivity index (χ2v) is 6.27. The Labute approximate surface area is 145 Å². The molecule has 1 saturated carbocycles. The fraction of sp³-hybridized carbons (Fsp3) is 0.632. The summed E-state index contributed by atoms with van der Waals surface area (Å²) in [5.74, 6) is 2.58. The van der Waals surface area contributed by atoms with Crippen LogP contribution in [-0.4, -0.2) is 39.4 Å². The SMILES string of the molecule is CCOc1cc(C)ccc1CNC(=NC)NCCCOCC1CC1. The van der Waals surface area contributed by atoms with E-state index in [1.165, 1.54) is 18.4 Å². The third kappa shape index (κ3) is 6.79. The molecule has 0 saturated heterocycles. The average Bonchev–Trinajstić information content (AvgIpc) is 3.39. The van der Waals surface area contributed by atoms with Crippen molar-refractivity contribution >= 4 is 5.96 Å². The smallest absolute Gasteiger partial charge is 0.191 e. The molecule has 0 unspecified atom stereocenters. The van der Waals surface area contributed by atoms with E-state index in [1.807, 2.05) is 6.92 Å². The predicted octanol–water partition coefficient (Wildman–Crippen LogP) is 2.88. The molecule has 2 N–H and O–H groups in total. The van der Waals surface area contributed by atoms with Gasteiger partial charge in [0, 0.05) is 38.9 Å². The number of rotatable bonds is 10. The van der Waals surface area contributed by atoms with E-state index < -0.39 is 0 Å². The van der Waals surface area contributed by atoms with Crippen LogP contribution in [0.1, 0.15) is 37.3 Å². The summed E-state index contributed by atoms with van der Waals surface area (Å²) in [6, 6.07) is 6.28. The molecule has 0 atom stereocenters. The molecular formula is C19H31N3O2. The molecule has 24 heavy (non-hydrogen) atoms. The van der Waals surface area contributed by atoms with Crippen molar-refractivity contribution in [2.75, 3.05) is 33.4 Å². The van der Waals surface area contributed by atoms with Crippen LogP contribution in [0.3, 0.4) is 0 Å². The summed E-state index contributed by atoms with van der Waals surface area (Å²) in [6.07, 6.45) is 3.68. The Morgan fingerprint density at radius 2 is 2.12 bits per heavy atom. The van der Waals surface area contributed by atoms with Crippen molar-refractivity contribution in [3.63, 3.8) is 0 Å². The minimum atomic E-state index is 0.671. The summed E-state index contributed by atoms with van der Waals surface area (Å²) >= 11 is 0. The van der Waals surface area contributed by atoms with Crippen LogP contribution in [0.4, 0.5) is 0 Å². The Kier molecular flexibility index (Phi) is 7.89. The van der Waals surface area contributed by atoms with Crippen LogP contribution in [0.15, 0.2) is 23.2 Å². The third-order valence-corrected chi connectivity index (χ3v) is 4.00. The van der Waals surface area contributed by atoms with Gasteiger partial charge in [0.05, 0.1) is 6.61 Å². The third-order valence-electron chi connectivity index (χ3n) is 4.00. The van der Waals surface area contributed by atoms with Crippen molar-refractivity contribution in [3.05, 3.63) is 29.3 Å². The Morgan fingerprint density at radius 1 is 1.29 bits per heavy atom. The number of nitrogens with zero attached hydrogens (tertiary/aromatic N) is 1. The maximum atomic E-state index is 5.72. The zero-order valence-electron chi connectivity index (χ0n) is 15.2. The Morgan fingerprint density at radius 3 is 2.83 bits per heavy atom. The van der Waals surface area contributed by atoms with E-state index in [9.17, 15) is 0 Å². The van der Waals surface area contributed by atoms with Crippen LogP contribution < -0.4 is 15.4 Å². The van der Waals surface area contributed by atoms with Crippen molar-refractivity contribution in [2.45, 2.75) is 39.7 Å². The zero-order chi connectivity index (χ0) is 17.2. The molecule has 0 amide bonds. The normalized spacial score (nSPS) is 14.5. The van der Waals surface area contributed by atoms with Crippen LogP contribution in [-0.2, 0) is 11.3 Å². The van der Waals surface area contributed by atoms with Gasteiger partial charge < -0.3 is 20.1 Å². The number of ether oxygens (including phenoxy) is 2. The summed E-state index contributed by atoms with van der Waals surface area (Å²) in [4.78, 5) is 4.27. The summed E-state index contributed by atoms with van der Waals surface area (Å²) in [6.45, 7) is 8.04. The van der Waals surface area contributed by atoms with Crippen molar-refractivity contribution in [3.8, 4) is 5.75 Å². The van der Waals surface area contributed by atoms with Gasteiger partial charge in [-0.3, -0.25) is 4.99 Å². The van der Waals surface area contributed by atoms with E-state index in [0.29, 0.717) is 13.2 Å². The van der Waals surface area contributed by atoms with Gasteiger partial charge in [0.25, 0.3) is 0 Å². The lowest BCUT2D eigenvalue weighted by atomic mass is 10.1. The Balaban J connectivity index is 1.68. The van der Waals surface area contributed by atoms with Gasteiger partial charge in [-0.15, -0.1) is 0 Å². The van der Waals surface area contributed by atoms with Crippen molar-refractivity contribution in [2.24, 2.45) is 10.9 Å². The number of hydrogen-bond acceptors (Lipinski definition) is 3. The molecule has 0 aliphatic heterocycles. The second-order valence-electron chi connectivity index (χ2n) is 6.27. The van der Waals surface area contributed by atoms with Crippen LogP contribution in [0.25, 0.3) is 0 Å². The first-order valence-electron chi connectivity index (χ1n) is 8.97. The molecule has 5 heteroatoms. The number of guanidine groups is 1. The van der Waals surface area contributed by atoms with Gasteiger partial charge in [0.15, 0.2) is 5.96 Å². The number of aryl methyl sites for hydroxylation is 1. The molecule has 1 aromatic rings. The molecule has 0 aromatic heterocycles. The van der Waals surface area contributed by atoms with Crippen LogP contribution >= 0.6 is 0 Å². The minimum Gasteiger partial charge on any atom is -0.494 e. The number of aliphatic imine (C=N–C) groups is 1. The van der Waals surface area contributed by atoms with E-state index in [-0.39, 0.29) is 0 Å². The largest absolute Gasteiger partial charge is 0.494 e. The standard InChI is InChI=1S/C19H31N3O2/c1-4-24-18-12-15(2)6-9-17(18)13-22-19(20-3)21-10-5-11-23-14-16-7-8-16/h6,9,12,16H,4-5,7-8,10-11,13-14H2,1-3H3,(H2,20,21,22). The number of benzene rings is 1. The fourth-order valence-corrected chi connectivity index (χ4v) is 2.41. The maximum absolute atomic E-state index is 5.72. The fourth-order valence-electron chi connectivity index (χ4n) is 2.41. The lowest BCUT2D eigenvalue weighted by molar-refractivity contribution is 0.123. The highest BCUT2D eigenvalue weighted by molar-refractivity contribution is 5.79. The highest BCUT2D eigenvalue weighted by Gasteiger charge is 2.20. The Bertz CT molecular complexity index is 527. The Hall–Kier alpha value is -1.75. The lowest BCUT2D eigenvalue weighted by Gasteiger charge is -2.15. The molecule has 0 spiro atoms. The zero-order valence-corrected chi connectivity index (χ0v) is 15.2. The molecule has 134 valence electrons. The van der Waals surface area contributed by atoms with Crippen molar-refractivity contribution in [1.82, 2.24) is 10.6 Å². The van der Waals surface area contributed by atoms with E-state index in [4.69, 9.17) is 9.47 Å². The van der Waals surface area contributed by atoms with Crippen molar-refractivity contribution in [1.29, 1.82) is 0 Å². The lowest BCUT2D eigenvalue weighted by Crippen LogP contribution is -2.37. The van der Waals surface area contributed by atoms with Gasteiger partial charge in [0.1, 0.15) is 5.75 Å². The van der Waals surface area contributed by atoms with E-state index in [1.54, 1.807) is 7.05 Å². The molecule has 2 rings (SSSR count). The quantitative estimate of drug-likeness (QED) is 0.393. The van der Waals surface area contributed by atoms with Gasteiger partial charge in [-0.25, -0.2) is 0 Å². The summed E-state index contributed by atoms with van der Waals surface area (Å²) < 4.78 is 11.4. The maximum Gasteiger partial charge on any atom is 0.191 e. The van der Waals surface area contributed by atoms with Gasteiger partial charge in [-0.05, 0) is 50.7 Å². The van der Waals surface area contributed by atoms with Gasteiger partial charge in [0.2, 0.25) is 0 Å². The summed E-state index contributed by atoms with van der Waals surface area (Å²) in [5, 5.41) is 6.67. The average molecular weight is 333 g/mol. The number of nitrogens with one attached hydrogen (secondary N) is 2. The van der Waals surface area contributed by atoms with Crippen LogP contribution in [0.5, 0.6) is 5.75 Å². The van der Waals surface area contributed by atoms with Gasteiger partial charge in [-0.2, -0.15) is 0 Å². The highest BCUT2D eigenvalue weighted by Crippen LogP contribution is 2.28. The summed E-state index contributed by atoms with van der Waals surface area (Å²) in [5.41, 5.74) is 2.34. The summed E-state index contributed by atoms with van der Waals surface area (Å²) in [7, 11) is 1.79. The van der Waals surface area contributed by atoms with Gasteiger partial charge in [-0.1, -0.05) is 12.1 Å². The molecule has 1 aromatic carbocycles. The van der Waals surface area contributed by atoms with Crippen LogP contribution in [0.2, 0.25) is 0 Å². The topological polar surface area (TPSA) is 54.9 Å². The van der Waals surface area contributed by atoms with Crippen molar-refractivity contribution < 1.29 is 9.47 Å². The van der Waals surface area contributed by atoms with Crippen LogP contribution in [0, 0.1) is 12.8 Å². The first-order valence-corrected chi connectivity index (χ1v) is 8.97. The van der Waals surface area contributed by atoms with E-state index >= 15 is 0 Å². The first-order chi connectivity index (χ1) is 11.7. The molecule has 0 bridgehead atoms. The van der Waals surface area contributed by atoms with Gasteiger partial charge >= 0.3 is 0 Å². The molecule has 1 fully saturated rings. The highest BCUT2D eigenvalue weighted by atomic mass is 16.5. The second kappa shape index (κ2) is 10.2. The molecule has 5 nitrogen and oxygen atoms in total. The van der Waals surface area contributed by atoms with E-state index in [2.05, 4.69) is 40.7 Å². The molecular weight excluding hydrogens is 302 g/mol. The number of hydrogen-bond donors (Lipinski definition) is 2. The molecule has 0 heterocycles. The molecule has 1 aliphatic rings. The monoisotopic (exact) mass is 333 g/mol. The first kappa shape index (κ1) is 18.6. The molecule has 0 radical (unpaired) electrons.